The van der Waals surface area contributed by atoms with Gasteiger partial charge in [0, 0.05) is 6.54 Å². The number of aromatic nitrogens is 2. The third-order valence-electron chi connectivity index (χ3n) is 4.20. The number of halogens is 1. The van der Waals surface area contributed by atoms with Crippen LogP contribution in [0.2, 0.25) is 0 Å². The van der Waals surface area contributed by atoms with Crippen LogP contribution in [0.25, 0.3) is 0 Å². The summed E-state index contributed by atoms with van der Waals surface area (Å²) < 4.78 is 2.21. The summed E-state index contributed by atoms with van der Waals surface area (Å²) >= 11 is 3.37. The fraction of sp³-hybridized carbons (Fsp3) is 0.692. The second kappa shape index (κ2) is 4.90. The van der Waals surface area contributed by atoms with Gasteiger partial charge in [0.25, 0.3) is 5.56 Å². The summed E-state index contributed by atoms with van der Waals surface area (Å²) in [4.78, 5) is 12.4. The highest BCUT2D eigenvalue weighted by molar-refractivity contribution is 9.10. The summed E-state index contributed by atoms with van der Waals surface area (Å²) in [5.41, 5.74) is 0.138. The van der Waals surface area contributed by atoms with Gasteiger partial charge in [-0.05, 0) is 47.5 Å². The van der Waals surface area contributed by atoms with Crippen molar-refractivity contribution in [2.75, 3.05) is 11.9 Å². The second-order valence-corrected chi connectivity index (χ2v) is 6.57. The van der Waals surface area contributed by atoms with Crippen LogP contribution < -0.4 is 10.9 Å². The molecule has 0 saturated heterocycles. The average molecular weight is 328 g/mol. The van der Waals surface area contributed by atoms with E-state index in [9.17, 15) is 9.90 Å². The van der Waals surface area contributed by atoms with Crippen LogP contribution in [-0.4, -0.2) is 27.0 Å². The van der Waals surface area contributed by atoms with E-state index in [1.807, 2.05) is 0 Å². The van der Waals surface area contributed by atoms with Crippen LogP contribution in [0.1, 0.15) is 32.1 Å². The smallest absolute Gasteiger partial charge is 0.291 e. The molecule has 0 aliphatic heterocycles. The average Bonchev–Trinajstić information content (AvgIpc) is 3.12. The number of nitrogens with zero attached hydrogens (tertiary/aromatic N) is 2. The molecule has 104 valence electrons. The molecule has 1 heterocycles. The summed E-state index contributed by atoms with van der Waals surface area (Å²) in [6.07, 6.45) is 7.10. The summed E-state index contributed by atoms with van der Waals surface area (Å²) in [5.74, 6) is 0.590. The van der Waals surface area contributed by atoms with Crippen LogP contribution in [0.4, 0.5) is 5.69 Å². The monoisotopic (exact) mass is 327 g/mol. The summed E-state index contributed by atoms with van der Waals surface area (Å²) in [6.45, 7) is 0.761. The molecular weight excluding hydrogens is 310 g/mol. The van der Waals surface area contributed by atoms with Crippen molar-refractivity contribution in [1.82, 2.24) is 9.78 Å². The van der Waals surface area contributed by atoms with E-state index >= 15 is 0 Å². The summed E-state index contributed by atoms with van der Waals surface area (Å²) in [7, 11) is 0. The Morgan fingerprint density at radius 1 is 1.53 bits per heavy atom. The first-order valence-electron chi connectivity index (χ1n) is 6.78. The van der Waals surface area contributed by atoms with E-state index in [1.165, 1.54) is 19.3 Å². The molecule has 2 aliphatic carbocycles. The van der Waals surface area contributed by atoms with Crippen LogP contribution in [0.5, 0.6) is 0 Å². The molecule has 1 aromatic rings. The highest BCUT2D eigenvalue weighted by Crippen LogP contribution is 2.38. The minimum absolute atomic E-state index is 0.0594. The van der Waals surface area contributed by atoms with Gasteiger partial charge in [0.15, 0.2) is 0 Å². The molecule has 0 atom stereocenters. The molecule has 6 heteroatoms. The van der Waals surface area contributed by atoms with Gasteiger partial charge in [-0.2, -0.15) is 5.10 Å². The quantitative estimate of drug-likeness (QED) is 0.864. The molecule has 0 radical (unpaired) electrons. The topological polar surface area (TPSA) is 67.2 Å². The number of aliphatic hydroxyl groups excluding tert-OH is 1. The number of nitrogens with one attached hydrogen (secondary N) is 1. The lowest BCUT2D eigenvalue weighted by Crippen LogP contribution is -2.35. The van der Waals surface area contributed by atoms with Crippen molar-refractivity contribution in [3.63, 3.8) is 0 Å². The van der Waals surface area contributed by atoms with Crippen molar-refractivity contribution >= 4 is 21.6 Å². The van der Waals surface area contributed by atoms with Gasteiger partial charge >= 0.3 is 0 Å². The Hall–Kier alpha value is -0.880. The molecule has 1 aromatic heterocycles. The number of rotatable bonds is 5. The molecule has 2 fully saturated rings. The van der Waals surface area contributed by atoms with Gasteiger partial charge in [-0.15, -0.1) is 0 Å². The third-order valence-corrected chi connectivity index (χ3v) is 4.80. The van der Waals surface area contributed by atoms with E-state index < -0.39 is 0 Å². The molecule has 0 spiro atoms. The minimum atomic E-state index is -0.294. The first-order valence-corrected chi connectivity index (χ1v) is 7.57. The van der Waals surface area contributed by atoms with Gasteiger partial charge < -0.3 is 10.4 Å². The van der Waals surface area contributed by atoms with Gasteiger partial charge in [-0.1, -0.05) is 6.42 Å². The highest BCUT2D eigenvalue weighted by atomic mass is 79.9. The van der Waals surface area contributed by atoms with E-state index in [-0.39, 0.29) is 17.7 Å². The van der Waals surface area contributed by atoms with Crippen LogP contribution >= 0.6 is 15.9 Å². The molecule has 2 N–H and O–H groups in total. The van der Waals surface area contributed by atoms with Crippen LogP contribution in [-0.2, 0) is 6.54 Å². The Morgan fingerprint density at radius 2 is 2.26 bits per heavy atom. The van der Waals surface area contributed by atoms with Crippen LogP contribution in [0.3, 0.4) is 0 Å². The normalized spacial score (nSPS) is 20.9. The maximum absolute atomic E-state index is 12.4. The fourth-order valence-corrected chi connectivity index (χ4v) is 2.73. The lowest BCUT2D eigenvalue weighted by Gasteiger charge is -2.25. The van der Waals surface area contributed by atoms with Gasteiger partial charge in [0.05, 0.1) is 22.8 Å². The molecule has 0 aromatic carbocycles. The number of anilines is 1. The number of aliphatic hydroxyl groups is 1. The Morgan fingerprint density at radius 3 is 2.79 bits per heavy atom. The fourth-order valence-electron chi connectivity index (χ4n) is 2.37. The predicted molar refractivity (Wildman–Crippen MR) is 76.2 cm³/mol. The molecule has 0 unspecified atom stereocenters. The summed E-state index contributed by atoms with van der Waals surface area (Å²) in [6, 6.07) is 0. The zero-order valence-electron chi connectivity index (χ0n) is 10.7. The standard InChI is InChI=1S/C13H18BrN3O2/c14-10-6-15-17(7-9-2-1-3-9)12(19)11(10)16-13(8-18)4-5-13/h6,9,16,18H,1-5,7-8H2. The van der Waals surface area contributed by atoms with Crippen molar-refractivity contribution < 1.29 is 5.11 Å². The lowest BCUT2D eigenvalue weighted by atomic mass is 9.85. The van der Waals surface area contributed by atoms with Crippen molar-refractivity contribution in [2.45, 2.75) is 44.2 Å². The molecule has 19 heavy (non-hydrogen) atoms. The predicted octanol–water partition coefficient (Wildman–Crippen LogP) is 1.74. The second-order valence-electron chi connectivity index (χ2n) is 5.72. The van der Waals surface area contributed by atoms with Gasteiger partial charge in [-0.3, -0.25) is 4.79 Å². The van der Waals surface area contributed by atoms with Crippen molar-refractivity contribution in [3.8, 4) is 0 Å². The van der Waals surface area contributed by atoms with Crippen molar-refractivity contribution in [3.05, 3.63) is 21.0 Å². The molecular formula is C13H18BrN3O2. The molecule has 0 bridgehead atoms. The number of hydrogen-bond donors (Lipinski definition) is 2. The third kappa shape index (κ3) is 2.56. The molecule has 0 amide bonds. The highest BCUT2D eigenvalue weighted by Gasteiger charge is 2.43. The van der Waals surface area contributed by atoms with Gasteiger partial charge in [-0.25, -0.2) is 4.68 Å². The zero-order chi connectivity index (χ0) is 13.5. The number of hydrogen-bond acceptors (Lipinski definition) is 4. The van der Waals surface area contributed by atoms with E-state index in [0.29, 0.717) is 22.6 Å². The van der Waals surface area contributed by atoms with E-state index in [0.717, 1.165) is 12.8 Å². The first-order chi connectivity index (χ1) is 9.13. The van der Waals surface area contributed by atoms with E-state index in [1.54, 1.807) is 10.9 Å². The van der Waals surface area contributed by atoms with Gasteiger partial charge in [0.2, 0.25) is 0 Å². The van der Waals surface area contributed by atoms with Crippen molar-refractivity contribution in [2.24, 2.45) is 5.92 Å². The maximum Gasteiger partial charge on any atom is 0.291 e. The zero-order valence-corrected chi connectivity index (χ0v) is 12.3. The minimum Gasteiger partial charge on any atom is -0.394 e. The molecule has 3 rings (SSSR count). The first kappa shape index (κ1) is 13.1. The SMILES string of the molecule is O=c1c(NC2(CO)CC2)c(Br)cnn1CC1CCC1. The Labute approximate surface area is 120 Å². The van der Waals surface area contributed by atoms with E-state index in [2.05, 4.69) is 26.3 Å². The Balaban J connectivity index is 1.85. The molecule has 2 aliphatic rings. The van der Waals surface area contributed by atoms with Gasteiger partial charge in [0.1, 0.15) is 5.69 Å². The molecule has 2 saturated carbocycles. The molecule has 5 nitrogen and oxygen atoms in total. The Kier molecular flexibility index (Phi) is 3.39. The van der Waals surface area contributed by atoms with Crippen LogP contribution in [0.15, 0.2) is 15.5 Å². The van der Waals surface area contributed by atoms with E-state index in [4.69, 9.17) is 0 Å². The maximum atomic E-state index is 12.4. The Bertz CT molecular complexity index is 535. The van der Waals surface area contributed by atoms with Crippen LogP contribution in [0, 0.1) is 5.92 Å². The lowest BCUT2D eigenvalue weighted by molar-refractivity contribution is 0.260. The largest absolute Gasteiger partial charge is 0.394 e. The van der Waals surface area contributed by atoms with Crippen molar-refractivity contribution in [1.29, 1.82) is 0 Å². The summed E-state index contributed by atoms with van der Waals surface area (Å²) in [5, 5.41) is 16.7.